The monoisotopic (exact) mass is 359 g/mol. The number of rotatable bonds is 2. The summed E-state index contributed by atoms with van der Waals surface area (Å²) < 4.78 is 7.06. The molecule has 0 aliphatic rings. The lowest BCUT2D eigenvalue weighted by Crippen LogP contribution is -2.00. The molecular formula is C16H11Cl2N5O. The maximum Gasteiger partial charge on any atom is 0.215 e. The van der Waals surface area contributed by atoms with E-state index in [1.807, 2.05) is 17.4 Å². The summed E-state index contributed by atoms with van der Waals surface area (Å²) >= 11 is 12.4. The number of pyridine rings is 1. The van der Waals surface area contributed by atoms with Gasteiger partial charge < -0.3 is 4.74 Å². The van der Waals surface area contributed by atoms with Crippen LogP contribution in [0.4, 0.5) is 0 Å². The third-order valence-electron chi connectivity index (χ3n) is 3.70. The first kappa shape index (κ1) is 15.1. The molecule has 0 fully saturated rings. The van der Waals surface area contributed by atoms with Crippen molar-refractivity contribution in [2.24, 2.45) is 0 Å². The van der Waals surface area contributed by atoms with E-state index in [9.17, 15) is 0 Å². The molecule has 24 heavy (non-hydrogen) atoms. The van der Waals surface area contributed by atoms with Crippen LogP contribution < -0.4 is 4.74 Å². The Morgan fingerprint density at radius 1 is 1.00 bits per heavy atom. The highest BCUT2D eigenvalue weighted by Gasteiger charge is 2.18. The van der Waals surface area contributed by atoms with E-state index in [1.165, 1.54) is 0 Å². The Labute approximate surface area is 147 Å². The van der Waals surface area contributed by atoms with E-state index in [1.54, 1.807) is 31.4 Å². The van der Waals surface area contributed by atoms with Crippen molar-refractivity contribution in [3.8, 4) is 17.3 Å². The van der Waals surface area contributed by atoms with Crippen LogP contribution in [0, 0.1) is 6.92 Å². The van der Waals surface area contributed by atoms with Crippen LogP contribution in [-0.2, 0) is 0 Å². The van der Waals surface area contributed by atoms with Crippen molar-refractivity contribution in [2.45, 2.75) is 6.92 Å². The second-order valence-electron chi connectivity index (χ2n) is 5.20. The molecule has 0 aliphatic heterocycles. The van der Waals surface area contributed by atoms with Crippen molar-refractivity contribution < 1.29 is 4.74 Å². The molecular weight excluding hydrogens is 349 g/mol. The van der Waals surface area contributed by atoms with Crippen LogP contribution in [0.15, 0.2) is 30.3 Å². The summed E-state index contributed by atoms with van der Waals surface area (Å²) in [5, 5.41) is 9.53. The van der Waals surface area contributed by atoms with Crippen molar-refractivity contribution in [1.29, 1.82) is 0 Å². The minimum Gasteiger partial charge on any atom is -0.481 e. The Hall–Kier alpha value is -2.44. The Bertz CT molecular complexity index is 1090. The predicted octanol–water partition coefficient (Wildman–Crippen LogP) is 3.96. The molecule has 4 rings (SSSR count). The minimum absolute atomic E-state index is 0.483. The van der Waals surface area contributed by atoms with Gasteiger partial charge in [0.15, 0.2) is 11.3 Å². The average Bonchev–Trinajstić information content (AvgIpc) is 2.91. The minimum atomic E-state index is 0.483. The van der Waals surface area contributed by atoms with Crippen LogP contribution >= 0.6 is 23.2 Å². The molecule has 0 unspecified atom stereocenters. The predicted molar refractivity (Wildman–Crippen MR) is 92.8 cm³/mol. The summed E-state index contributed by atoms with van der Waals surface area (Å²) in [6.45, 7) is 1.86. The van der Waals surface area contributed by atoms with E-state index in [0.717, 1.165) is 11.3 Å². The van der Waals surface area contributed by atoms with Crippen LogP contribution in [0.1, 0.15) is 5.69 Å². The van der Waals surface area contributed by atoms with Crippen molar-refractivity contribution in [3.05, 3.63) is 46.1 Å². The maximum absolute atomic E-state index is 6.36. The number of imidazole rings is 1. The van der Waals surface area contributed by atoms with Gasteiger partial charge in [-0.3, -0.25) is 4.40 Å². The molecule has 0 bridgehead atoms. The van der Waals surface area contributed by atoms with E-state index >= 15 is 0 Å². The van der Waals surface area contributed by atoms with E-state index in [0.29, 0.717) is 38.6 Å². The van der Waals surface area contributed by atoms with Gasteiger partial charge >= 0.3 is 0 Å². The molecule has 0 radical (unpaired) electrons. The molecule has 3 aromatic heterocycles. The second-order valence-corrected chi connectivity index (χ2v) is 6.04. The maximum atomic E-state index is 6.36. The number of methoxy groups -OCH3 is 1. The molecule has 0 amide bonds. The first-order chi connectivity index (χ1) is 11.6. The van der Waals surface area contributed by atoms with Gasteiger partial charge in [-0.1, -0.05) is 23.2 Å². The van der Waals surface area contributed by atoms with Gasteiger partial charge in [0.25, 0.3) is 0 Å². The van der Waals surface area contributed by atoms with Gasteiger partial charge in [-0.05, 0) is 31.2 Å². The Morgan fingerprint density at radius 2 is 1.83 bits per heavy atom. The Balaban J connectivity index is 2.14. The molecule has 0 atom stereocenters. The standard InChI is InChI=1S/C16H11Cl2N5O/c1-8-14-22-21-12-5-6-13(24-2)20-16(12)23(14)15(19-8)10-4-3-9(17)7-11(10)18/h3-7H,1-2H3. The van der Waals surface area contributed by atoms with Crippen molar-refractivity contribution in [1.82, 2.24) is 24.6 Å². The molecule has 8 heteroatoms. The molecule has 120 valence electrons. The number of halogens is 2. The molecule has 0 spiro atoms. The number of benzene rings is 1. The van der Waals surface area contributed by atoms with Crippen molar-refractivity contribution in [3.63, 3.8) is 0 Å². The fourth-order valence-corrected chi connectivity index (χ4v) is 3.06. The van der Waals surface area contributed by atoms with Gasteiger partial charge in [0.2, 0.25) is 5.88 Å². The highest BCUT2D eigenvalue weighted by Crippen LogP contribution is 2.32. The number of nitrogens with zero attached hydrogens (tertiary/aromatic N) is 5. The summed E-state index contributed by atoms with van der Waals surface area (Å²) in [6.07, 6.45) is 0. The Morgan fingerprint density at radius 3 is 2.58 bits per heavy atom. The number of ether oxygens (including phenoxy) is 1. The largest absolute Gasteiger partial charge is 0.481 e. The molecule has 0 saturated heterocycles. The molecule has 0 N–H and O–H groups in total. The number of hydrogen-bond donors (Lipinski definition) is 0. The van der Waals surface area contributed by atoms with Gasteiger partial charge in [0, 0.05) is 16.7 Å². The summed E-state index contributed by atoms with van der Waals surface area (Å²) in [5.41, 5.74) is 3.32. The fourth-order valence-electron chi connectivity index (χ4n) is 2.57. The summed E-state index contributed by atoms with van der Waals surface area (Å²) in [7, 11) is 1.57. The zero-order chi connectivity index (χ0) is 16.8. The highest BCUT2D eigenvalue weighted by molar-refractivity contribution is 6.36. The smallest absolute Gasteiger partial charge is 0.215 e. The van der Waals surface area contributed by atoms with Crippen LogP contribution in [-0.4, -0.2) is 31.7 Å². The molecule has 1 aromatic carbocycles. The molecule has 3 heterocycles. The lowest BCUT2D eigenvalue weighted by molar-refractivity contribution is 0.399. The van der Waals surface area contributed by atoms with Gasteiger partial charge in [0.05, 0.1) is 17.8 Å². The van der Waals surface area contributed by atoms with Crippen LogP contribution in [0.5, 0.6) is 5.88 Å². The van der Waals surface area contributed by atoms with Gasteiger partial charge in [-0.15, -0.1) is 10.2 Å². The quantitative estimate of drug-likeness (QED) is 0.541. The summed E-state index contributed by atoms with van der Waals surface area (Å²) in [4.78, 5) is 9.11. The van der Waals surface area contributed by atoms with E-state index < -0.39 is 0 Å². The Kier molecular flexibility index (Phi) is 3.51. The topological polar surface area (TPSA) is 65.2 Å². The highest BCUT2D eigenvalue weighted by atomic mass is 35.5. The molecule has 0 saturated carbocycles. The number of fused-ring (bicyclic) bond motifs is 3. The van der Waals surface area contributed by atoms with Gasteiger partial charge in [0.1, 0.15) is 11.3 Å². The lowest BCUT2D eigenvalue weighted by atomic mass is 10.2. The SMILES string of the molecule is COc1ccc2nnc3c(C)nc(-c4ccc(Cl)cc4Cl)n3c2n1. The van der Waals surface area contributed by atoms with Crippen molar-refractivity contribution >= 4 is 40.0 Å². The van der Waals surface area contributed by atoms with Gasteiger partial charge in [-0.25, -0.2) is 4.98 Å². The van der Waals surface area contributed by atoms with E-state index in [-0.39, 0.29) is 0 Å². The zero-order valence-electron chi connectivity index (χ0n) is 12.8. The first-order valence-corrected chi connectivity index (χ1v) is 7.86. The summed E-state index contributed by atoms with van der Waals surface area (Å²) in [5.74, 6) is 1.11. The zero-order valence-corrected chi connectivity index (χ0v) is 14.3. The fraction of sp³-hybridized carbons (Fsp3) is 0.125. The van der Waals surface area contributed by atoms with Crippen LogP contribution in [0.25, 0.3) is 28.2 Å². The first-order valence-electron chi connectivity index (χ1n) is 7.10. The van der Waals surface area contributed by atoms with Gasteiger partial charge in [-0.2, -0.15) is 4.98 Å². The van der Waals surface area contributed by atoms with E-state index in [4.69, 9.17) is 27.9 Å². The number of aryl methyl sites for hydroxylation is 1. The van der Waals surface area contributed by atoms with Crippen LogP contribution in [0.3, 0.4) is 0 Å². The number of hydrogen-bond acceptors (Lipinski definition) is 5. The molecule has 6 nitrogen and oxygen atoms in total. The van der Waals surface area contributed by atoms with Crippen LogP contribution in [0.2, 0.25) is 10.0 Å². The van der Waals surface area contributed by atoms with Crippen molar-refractivity contribution in [2.75, 3.05) is 7.11 Å². The molecule has 4 aromatic rings. The molecule has 0 aliphatic carbocycles. The lowest BCUT2D eigenvalue weighted by Gasteiger charge is -2.07. The van der Waals surface area contributed by atoms with E-state index in [2.05, 4.69) is 20.2 Å². The average molecular weight is 360 g/mol. The third-order valence-corrected chi connectivity index (χ3v) is 4.24. The third kappa shape index (κ3) is 2.26. The number of aromatic nitrogens is 5. The normalized spacial score (nSPS) is 11.3. The summed E-state index contributed by atoms with van der Waals surface area (Å²) in [6, 6.07) is 8.81. The second kappa shape index (κ2) is 5.58.